The van der Waals surface area contributed by atoms with Gasteiger partial charge in [-0.2, -0.15) is 13.1 Å². The van der Waals surface area contributed by atoms with E-state index in [-0.39, 0.29) is 18.5 Å². The summed E-state index contributed by atoms with van der Waals surface area (Å²) >= 11 is 0. The van der Waals surface area contributed by atoms with Crippen LogP contribution >= 0.6 is 0 Å². The maximum atomic E-state index is 11.7. The molecule has 0 heterocycles. The maximum absolute atomic E-state index is 11.7. The molecule has 0 aromatic rings. The molecule has 0 saturated heterocycles. The zero-order valence-corrected chi connectivity index (χ0v) is 14.3. The highest BCUT2D eigenvalue weighted by Crippen LogP contribution is 2.40. The Labute approximate surface area is 128 Å². The molecule has 0 aromatic heterocycles. The molecule has 1 saturated carbocycles. The molecule has 7 heteroatoms. The van der Waals surface area contributed by atoms with Crippen molar-refractivity contribution in [2.75, 3.05) is 13.6 Å². The van der Waals surface area contributed by atoms with Crippen LogP contribution in [-0.2, 0) is 15.0 Å². The Kier molecular flexibility index (Phi) is 6.62. The van der Waals surface area contributed by atoms with Crippen molar-refractivity contribution in [3.63, 3.8) is 0 Å². The van der Waals surface area contributed by atoms with Gasteiger partial charge in [-0.3, -0.25) is 4.79 Å². The lowest BCUT2D eigenvalue weighted by atomic mass is 9.69. The van der Waals surface area contributed by atoms with E-state index in [1.165, 1.54) is 13.5 Å². The summed E-state index contributed by atoms with van der Waals surface area (Å²) in [5, 5.41) is 2.91. The lowest BCUT2D eigenvalue weighted by molar-refractivity contribution is -0.121. The number of hydrogen-bond acceptors (Lipinski definition) is 3. The molecule has 0 spiro atoms. The topological polar surface area (TPSA) is 87.3 Å². The third kappa shape index (κ3) is 5.92. The van der Waals surface area contributed by atoms with E-state index in [9.17, 15) is 13.2 Å². The largest absolute Gasteiger partial charge is 0.352 e. The summed E-state index contributed by atoms with van der Waals surface area (Å²) in [4.78, 5) is 11.7. The van der Waals surface area contributed by atoms with E-state index in [1.807, 2.05) is 0 Å². The minimum Gasteiger partial charge on any atom is -0.352 e. The number of rotatable bonds is 7. The fraction of sp³-hybridized carbons (Fsp3) is 0.929. The summed E-state index contributed by atoms with van der Waals surface area (Å²) < 4.78 is 26.7. The molecule has 1 aliphatic rings. The van der Waals surface area contributed by atoms with Gasteiger partial charge in [0.1, 0.15) is 0 Å². The summed E-state index contributed by atoms with van der Waals surface area (Å²) in [6.07, 6.45) is 5.35. The van der Waals surface area contributed by atoms with Gasteiger partial charge in [0.25, 0.3) is 10.2 Å². The summed E-state index contributed by atoms with van der Waals surface area (Å²) in [5.74, 6) is 0.436. The van der Waals surface area contributed by atoms with Crippen LogP contribution in [0.2, 0.25) is 0 Å². The van der Waals surface area contributed by atoms with E-state index in [4.69, 9.17) is 0 Å². The molecule has 0 aliphatic heterocycles. The minimum atomic E-state index is -3.55. The summed E-state index contributed by atoms with van der Waals surface area (Å²) in [6.45, 7) is 6.62. The molecule has 0 radical (unpaired) electrons. The lowest BCUT2D eigenvalue weighted by Gasteiger charge is -2.39. The van der Waals surface area contributed by atoms with E-state index in [1.54, 1.807) is 0 Å². The first-order chi connectivity index (χ1) is 9.70. The molecule has 0 unspecified atom stereocenters. The Morgan fingerprint density at radius 1 is 1.19 bits per heavy atom. The zero-order valence-electron chi connectivity index (χ0n) is 13.5. The Morgan fingerprint density at radius 3 is 2.24 bits per heavy atom. The van der Waals surface area contributed by atoms with E-state index in [2.05, 4.69) is 35.5 Å². The summed E-state index contributed by atoms with van der Waals surface area (Å²) in [6, 6.07) is 0.167. The van der Waals surface area contributed by atoms with Crippen molar-refractivity contribution in [1.82, 2.24) is 14.8 Å². The highest BCUT2D eigenvalue weighted by Gasteiger charge is 2.32. The van der Waals surface area contributed by atoms with Crippen LogP contribution in [0.4, 0.5) is 0 Å². The molecule has 0 atom stereocenters. The molecular weight excluding hydrogens is 290 g/mol. The SMILES string of the molecule is CCC(C)(C)C1CCC(NC(=O)CNS(=O)(=O)NC)CC1. The zero-order chi connectivity index (χ0) is 16.1. The van der Waals surface area contributed by atoms with Crippen LogP contribution < -0.4 is 14.8 Å². The third-order valence-corrected chi connectivity index (χ3v) is 5.86. The first-order valence-electron chi connectivity index (χ1n) is 7.67. The van der Waals surface area contributed by atoms with Crippen LogP contribution in [0, 0.1) is 11.3 Å². The predicted octanol–water partition coefficient (Wildman–Crippen LogP) is 1.15. The monoisotopic (exact) mass is 319 g/mol. The second kappa shape index (κ2) is 7.56. The molecule has 1 fully saturated rings. The van der Waals surface area contributed by atoms with Crippen LogP contribution in [-0.4, -0.2) is 34.0 Å². The molecule has 1 rings (SSSR count). The van der Waals surface area contributed by atoms with Gasteiger partial charge in [-0.1, -0.05) is 27.2 Å². The van der Waals surface area contributed by atoms with E-state index >= 15 is 0 Å². The first-order valence-corrected chi connectivity index (χ1v) is 9.16. The second-order valence-corrected chi connectivity index (χ2v) is 8.19. The fourth-order valence-electron chi connectivity index (χ4n) is 2.82. The van der Waals surface area contributed by atoms with Crippen LogP contribution in [0.5, 0.6) is 0 Å². The molecular formula is C14H29N3O3S. The smallest absolute Gasteiger partial charge is 0.277 e. The summed E-state index contributed by atoms with van der Waals surface area (Å²) in [7, 11) is -2.25. The van der Waals surface area contributed by atoms with Gasteiger partial charge in [-0.25, -0.2) is 4.72 Å². The van der Waals surface area contributed by atoms with Crippen molar-refractivity contribution in [1.29, 1.82) is 0 Å². The molecule has 124 valence electrons. The van der Waals surface area contributed by atoms with Crippen molar-refractivity contribution >= 4 is 16.1 Å². The molecule has 1 aliphatic carbocycles. The number of nitrogens with one attached hydrogen (secondary N) is 3. The quantitative estimate of drug-likeness (QED) is 0.658. The van der Waals surface area contributed by atoms with Crippen molar-refractivity contribution in [2.45, 2.75) is 58.9 Å². The molecule has 3 N–H and O–H groups in total. The van der Waals surface area contributed by atoms with E-state index in [0.717, 1.165) is 25.7 Å². The molecule has 21 heavy (non-hydrogen) atoms. The molecule has 0 aromatic carbocycles. The Bertz CT molecular complexity index is 440. The fourth-order valence-corrected chi connectivity index (χ4v) is 3.28. The van der Waals surface area contributed by atoms with Crippen LogP contribution in [0.3, 0.4) is 0 Å². The molecule has 6 nitrogen and oxygen atoms in total. The van der Waals surface area contributed by atoms with Gasteiger partial charge < -0.3 is 5.32 Å². The van der Waals surface area contributed by atoms with E-state index < -0.39 is 10.2 Å². The normalized spacial score (nSPS) is 23.8. The second-order valence-electron chi connectivity index (χ2n) is 6.49. The van der Waals surface area contributed by atoms with Gasteiger partial charge >= 0.3 is 0 Å². The van der Waals surface area contributed by atoms with Crippen LogP contribution in [0.15, 0.2) is 0 Å². The highest BCUT2D eigenvalue weighted by atomic mass is 32.2. The first kappa shape index (κ1) is 18.4. The van der Waals surface area contributed by atoms with Gasteiger partial charge in [0.2, 0.25) is 5.91 Å². The van der Waals surface area contributed by atoms with Gasteiger partial charge in [-0.05, 0) is 37.0 Å². The highest BCUT2D eigenvalue weighted by molar-refractivity contribution is 7.87. The number of carbonyl (C=O) groups is 1. The predicted molar refractivity (Wildman–Crippen MR) is 83.9 cm³/mol. The van der Waals surface area contributed by atoms with Crippen molar-refractivity contribution in [3.05, 3.63) is 0 Å². The number of hydrogen-bond donors (Lipinski definition) is 3. The van der Waals surface area contributed by atoms with Crippen LogP contribution in [0.25, 0.3) is 0 Å². The number of carbonyl (C=O) groups excluding carboxylic acids is 1. The Hall–Kier alpha value is -0.660. The van der Waals surface area contributed by atoms with Crippen LogP contribution in [0.1, 0.15) is 52.9 Å². The van der Waals surface area contributed by atoms with Crippen molar-refractivity contribution in [3.8, 4) is 0 Å². The minimum absolute atomic E-state index is 0.167. The van der Waals surface area contributed by atoms with Crippen molar-refractivity contribution in [2.24, 2.45) is 11.3 Å². The summed E-state index contributed by atoms with van der Waals surface area (Å²) in [5.41, 5.74) is 0.359. The maximum Gasteiger partial charge on any atom is 0.277 e. The Balaban J connectivity index is 2.34. The molecule has 0 bridgehead atoms. The lowest BCUT2D eigenvalue weighted by Crippen LogP contribution is -2.46. The Morgan fingerprint density at radius 2 is 1.76 bits per heavy atom. The third-order valence-electron chi connectivity index (χ3n) is 4.80. The van der Waals surface area contributed by atoms with Gasteiger partial charge in [0, 0.05) is 13.1 Å². The van der Waals surface area contributed by atoms with Gasteiger partial charge in [0.05, 0.1) is 6.54 Å². The average molecular weight is 319 g/mol. The van der Waals surface area contributed by atoms with E-state index in [0.29, 0.717) is 11.3 Å². The standard InChI is InChI=1S/C14H29N3O3S/c1-5-14(2,3)11-6-8-12(9-7-11)17-13(18)10-16-21(19,20)15-4/h11-12,15-16H,5-10H2,1-4H3,(H,17,18). The average Bonchev–Trinajstić information content (AvgIpc) is 2.46. The van der Waals surface area contributed by atoms with Gasteiger partial charge in [-0.15, -0.1) is 0 Å². The van der Waals surface area contributed by atoms with Crippen molar-refractivity contribution < 1.29 is 13.2 Å². The molecule has 1 amide bonds. The van der Waals surface area contributed by atoms with Gasteiger partial charge in [0.15, 0.2) is 0 Å². The number of amides is 1.